The Balaban J connectivity index is 0. The van der Waals surface area contributed by atoms with Gasteiger partial charge in [0.05, 0.1) is 7.05 Å². The Morgan fingerprint density at radius 3 is 2.35 bits per heavy atom. The fraction of sp³-hybridized carbons (Fsp3) is 0.364. The van der Waals surface area contributed by atoms with Crippen molar-refractivity contribution in [2.45, 2.75) is 12.6 Å². The monoisotopic (exact) mass is 280 g/mol. The molecular formula is C11H18Cl2N2O2. The highest BCUT2D eigenvalue weighted by molar-refractivity contribution is 5.71. The van der Waals surface area contributed by atoms with Crippen LogP contribution in [0.15, 0.2) is 30.3 Å². The van der Waals surface area contributed by atoms with E-state index in [1.807, 2.05) is 37.4 Å². The highest BCUT2D eigenvalue weighted by Gasteiger charge is 2.20. The molecule has 4 nitrogen and oxygen atoms in total. The molecule has 0 aromatic heterocycles. The van der Waals surface area contributed by atoms with Crippen LogP contribution in [0.5, 0.6) is 0 Å². The number of quaternary nitrogens is 2. The van der Waals surface area contributed by atoms with Crippen molar-refractivity contribution in [1.29, 1.82) is 0 Å². The smallest absolute Gasteiger partial charge is 0.368 e. The van der Waals surface area contributed by atoms with Crippen molar-refractivity contribution in [2.75, 3.05) is 13.6 Å². The van der Waals surface area contributed by atoms with Gasteiger partial charge in [0.1, 0.15) is 13.1 Å². The molecule has 0 heterocycles. The third-order valence-corrected chi connectivity index (χ3v) is 2.29. The Bertz CT molecular complexity index is 323. The molecule has 5 N–H and O–H groups in total. The standard InChI is InChI=1S/C11H16N2O2.2ClH/c1-13(8-10(12)11(14)15)7-9-5-3-2-4-6-9;;/h2-6,10H,7-8,12H2,1H3,(H,14,15);2*1H. The zero-order chi connectivity index (χ0) is 11.3. The number of carboxylic acid groups (broad SMARTS) is 1. The summed E-state index contributed by atoms with van der Waals surface area (Å²) in [4.78, 5) is 11.8. The molecule has 2 unspecified atom stereocenters. The van der Waals surface area contributed by atoms with Gasteiger partial charge in [-0.3, -0.25) is 0 Å². The zero-order valence-corrected chi connectivity index (χ0v) is 11.2. The van der Waals surface area contributed by atoms with Crippen molar-refractivity contribution in [2.24, 2.45) is 0 Å². The molecule has 0 saturated carbocycles. The average Bonchev–Trinajstić information content (AvgIpc) is 2.18. The van der Waals surface area contributed by atoms with Crippen molar-refractivity contribution in [3.63, 3.8) is 0 Å². The van der Waals surface area contributed by atoms with Gasteiger partial charge < -0.3 is 40.6 Å². The Labute approximate surface area is 114 Å². The molecule has 1 aromatic rings. The number of hydrogen-bond acceptors (Lipinski definition) is 1. The van der Waals surface area contributed by atoms with E-state index in [0.717, 1.165) is 11.4 Å². The quantitative estimate of drug-likeness (QED) is 0.502. The number of halogens is 2. The summed E-state index contributed by atoms with van der Waals surface area (Å²) in [6, 6.07) is 9.50. The van der Waals surface area contributed by atoms with Gasteiger partial charge in [-0.2, -0.15) is 0 Å². The van der Waals surface area contributed by atoms with E-state index in [0.29, 0.717) is 6.54 Å². The molecule has 0 aliphatic heterocycles. The number of nitrogens with one attached hydrogen (secondary N) is 1. The molecule has 1 aromatic carbocycles. The van der Waals surface area contributed by atoms with Crippen LogP contribution in [0.25, 0.3) is 0 Å². The normalized spacial score (nSPS) is 12.8. The lowest BCUT2D eigenvalue weighted by Gasteiger charge is -2.14. The lowest BCUT2D eigenvalue weighted by atomic mass is 10.2. The molecule has 2 atom stereocenters. The summed E-state index contributed by atoms with van der Waals surface area (Å²) in [6.45, 7) is 1.38. The molecule has 0 fully saturated rings. The van der Waals surface area contributed by atoms with Gasteiger partial charge in [-0.25, -0.2) is 4.79 Å². The molecule has 98 valence electrons. The summed E-state index contributed by atoms with van der Waals surface area (Å²) < 4.78 is 0. The number of hydrogen-bond donors (Lipinski definition) is 3. The van der Waals surface area contributed by atoms with E-state index in [4.69, 9.17) is 5.11 Å². The number of likely N-dealkylation sites (N-methyl/N-ethyl adjacent to an activating group) is 1. The van der Waals surface area contributed by atoms with Crippen molar-refractivity contribution in [3.05, 3.63) is 35.9 Å². The maximum Gasteiger partial charge on any atom is 0.368 e. The predicted octanol–water partition coefficient (Wildman–Crippen LogP) is -7.60. The predicted molar refractivity (Wildman–Crippen MR) is 56.2 cm³/mol. The SMILES string of the molecule is C[NH+](Cc1ccccc1)CC([NH3+])C(=O)O.[Cl-].[Cl-]. The Hall–Kier alpha value is -0.810. The highest BCUT2D eigenvalue weighted by atomic mass is 35.5. The molecule has 0 saturated heterocycles. The van der Waals surface area contributed by atoms with Crippen LogP contribution >= 0.6 is 0 Å². The van der Waals surface area contributed by atoms with E-state index in [9.17, 15) is 4.79 Å². The molecule has 17 heavy (non-hydrogen) atoms. The van der Waals surface area contributed by atoms with E-state index in [2.05, 4.69) is 5.73 Å². The number of carbonyl (C=O) groups is 1. The van der Waals surface area contributed by atoms with E-state index < -0.39 is 12.0 Å². The first-order chi connectivity index (χ1) is 7.09. The van der Waals surface area contributed by atoms with Gasteiger partial charge in [0.15, 0.2) is 0 Å². The van der Waals surface area contributed by atoms with Crippen LogP contribution in [-0.4, -0.2) is 30.7 Å². The maximum absolute atomic E-state index is 10.6. The molecule has 1 rings (SSSR count). The van der Waals surface area contributed by atoms with Gasteiger partial charge >= 0.3 is 5.97 Å². The summed E-state index contributed by atoms with van der Waals surface area (Å²) in [7, 11) is 1.98. The van der Waals surface area contributed by atoms with Gasteiger partial charge in [-0.05, 0) is 0 Å². The summed E-state index contributed by atoms with van der Waals surface area (Å²) >= 11 is 0. The van der Waals surface area contributed by atoms with Gasteiger partial charge in [0, 0.05) is 5.56 Å². The Morgan fingerprint density at radius 2 is 1.88 bits per heavy atom. The molecule has 0 aliphatic carbocycles. The summed E-state index contributed by atoms with van der Waals surface area (Å²) in [5, 5.41) is 8.72. The Morgan fingerprint density at radius 1 is 1.35 bits per heavy atom. The van der Waals surface area contributed by atoms with E-state index >= 15 is 0 Å². The molecule has 0 aliphatic rings. The van der Waals surface area contributed by atoms with E-state index in [1.54, 1.807) is 0 Å². The molecular weight excluding hydrogens is 263 g/mol. The summed E-state index contributed by atoms with van der Waals surface area (Å²) in [5.74, 6) is -0.831. The number of aliphatic carboxylic acids is 1. The van der Waals surface area contributed by atoms with Crippen LogP contribution in [0.1, 0.15) is 5.56 Å². The van der Waals surface area contributed by atoms with E-state index in [1.165, 1.54) is 5.56 Å². The fourth-order valence-corrected chi connectivity index (χ4v) is 1.52. The molecule has 0 spiro atoms. The summed E-state index contributed by atoms with van der Waals surface area (Å²) in [5.41, 5.74) is 4.81. The second kappa shape index (κ2) is 9.24. The molecule has 0 radical (unpaired) electrons. The molecule has 0 bridgehead atoms. The number of benzene rings is 1. The Kier molecular flexibility index (Phi) is 10.1. The van der Waals surface area contributed by atoms with Crippen LogP contribution < -0.4 is 35.4 Å². The van der Waals surface area contributed by atoms with Gasteiger partial charge in [0.25, 0.3) is 0 Å². The van der Waals surface area contributed by atoms with Gasteiger partial charge in [0.2, 0.25) is 6.04 Å². The van der Waals surface area contributed by atoms with Crippen LogP contribution in [0.2, 0.25) is 0 Å². The maximum atomic E-state index is 10.6. The molecule has 0 amide bonds. The third-order valence-electron chi connectivity index (χ3n) is 2.29. The minimum Gasteiger partial charge on any atom is -1.00 e. The van der Waals surface area contributed by atoms with Crippen molar-refractivity contribution >= 4 is 5.97 Å². The van der Waals surface area contributed by atoms with Gasteiger partial charge in [-0.1, -0.05) is 30.3 Å². The second-order valence-corrected chi connectivity index (χ2v) is 3.86. The van der Waals surface area contributed by atoms with Crippen LogP contribution in [0, 0.1) is 0 Å². The van der Waals surface area contributed by atoms with Crippen molar-refractivity contribution < 1.29 is 45.3 Å². The highest BCUT2D eigenvalue weighted by Crippen LogP contribution is 1.94. The third kappa shape index (κ3) is 7.18. The van der Waals surface area contributed by atoms with Crippen molar-refractivity contribution in [3.8, 4) is 0 Å². The number of carboxylic acids is 1. The van der Waals surface area contributed by atoms with Crippen LogP contribution in [0.3, 0.4) is 0 Å². The van der Waals surface area contributed by atoms with Gasteiger partial charge in [-0.15, -0.1) is 0 Å². The van der Waals surface area contributed by atoms with Crippen LogP contribution in [0.4, 0.5) is 0 Å². The van der Waals surface area contributed by atoms with Crippen LogP contribution in [-0.2, 0) is 11.3 Å². The first-order valence-corrected chi connectivity index (χ1v) is 5.00. The molecule has 6 heteroatoms. The lowest BCUT2D eigenvalue weighted by Crippen LogP contribution is -3.10. The minimum absolute atomic E-state index is 0. The average molecular weight is 281 g/mol. The largest absolute Gasteiger partial charge is 1.00 e. The summed E-state index contributed by atoms with van der Waals surface area (Å²) in [6.07, 6.45) is 0. The number of rotatable bonds is 5. The lowest BCUT2D eigenvalue weighted by molar-refractivity contribution is -0.901. The minimum atomic E-state index is -0.831. The second-order valence-electron chi connectivity index (χ2n) is 3.86. The fourth-order valence-electron chi connectivity index (χ4n) is 1.52. The van der Waals surface area contributed by atoms with Crippen molar-refractivity contribution in [1.82, 2.24) is 0 Å². The van der Waals surface area contributed by atoms with E-state index in [-0.39, 0.29) is 24.8 Å². The topological polar surface area (TPSA) is 69.4 Å². The zero-order valence-electron chi connectivity index (χ0n) is 9.70. The first-order valence-electron chi connectivity index (χ1n) is 5.00. The first kappa shape index (κ1) is 18.6.